The van der Waals surface area contributed by atoms with E-state index in [0.29, 0.717) is 40.0 Å². The van der Waals surface area contributed by atoms with Gasteiger partial charge < -0.3 is 15.5 Å². The molecule has 1 amide bonds. The van der Waals surface area contributed by atoms with Crippen molar-refractivity contribution in [2.45, 2.75) is 36.1 Å². The number of benzene rings is 1. The summed E-state index contributed by atoms with van der Waals surface area (Å²) in [6.07, 6.45) is 1.49. The number of hydrogen-bond donors (Lipinski definition) is 1. The molecule has 1 fully saturated rings. The van der Waals surface area contributed by atoms with Gasteiger partial charge in [-0.05, 0) is 38.1 Å². The Morgan fingerprint density at radius 1 is 1.29 bits per heavy atom. The molecule has 31 heavy (non-hydrogen) atoms. The van der Waals surface area contributed by atoms with E-state index in [2.05, 4.69) is 21.9 Å². The zero-order valence-electron chi connectivity index (χ0n) is 18.0. The lowest BCUT2D eigenvalue weighted by Crippen LogP contribution is -2.32. The Hall–Kier alpha value is -3.07. The van der Waals surface area contributed by atoms with Crippen LogP contribution in [0.5, 0.6) is 0 Å². The minimum atomic E-state index is -0.681. The molecule has 1 aromatic carbocycles. The number of aromatic nitrogens is 1. The van der Waals surface area contributed by atoms with Crippen molar-refractivity contribution in [3.63, 3.8) is 0 Å². The van der Waals surface area contributed by atoms with Crippen LogP contribution in [-0.2, 0) is 11.2 Å². The first-order valence-corrected chi connectivity index (χ1v) is 11.1. The van der Waals surface area contributed by atoms with Crippen molar-refractivity contribution in [1.29, 1.82) is 10.5 Å². The number of primary amides is 1. The average molecular weight is 435 g/mol. The molecule has 2 atom stereocenters. The van der Waals surface area contributed by atoms with Crippen molar-refractivity contribution in [2.24, 2.45) is 5.73 Å². The summed E-state index contributed by atoms with van der Waals surface area (Å²) in [5, 5.41) is 19.6. The third-order valence-corrected chi connectivity index (χ3v) is 6.87. The maximum Gasteiger partial charge on any atom is 0.235 e. The lowest BCUT2D eigenvalue weighted by molar-refractivity contribution is -0.117. The molecule has 0 radical (unpaired) electrons. The van der Waals surface area contributed by atoms with E-state index >= 15 is 0 Å². The van der Waals surface area contributed by atoms with E-state index in [0.717, 1.165) is 25.1 Å². The monoisotopic (exact) mass is 434 g/mol. The summed E-state index contributed by atoms with van der Waals surface area (Å²) in [7, 11) is 4.09. The fraction of sp³-hybridized carbons (Fsp3) is 0.391. The van der Waals surface area contributed by atoms with Crippen molar-refractivity contribution in [3.8, 4) is 12.1 Å². The van der Waals surface area contributed by atoms with Crippen LogP contribution in [0.15, 0.2) is 35.4 Å². The smallest absolute Gasteiger partial charge is 0.235 e. The van der Waals surface area contributed by atoms with Gasteiger partial charge in [-0.1, -0.05) is 49.0 Å². The number of pyridine rings is 1. The van der Waals surface area contributed by atoms with Gasteiger partial charge in [0, 0.05) is 19.1 Å². The highest BCUT2D eigenvalue weighted by atomic mass is 32.2. The summed E-state index contributed by atoms with van der Waals surface area (Å²) in [6, 6.07) is 14.1. The molecule has 2 N–H and O–H groups in total. The van der Waals surface area contributed by atoms with E-state index in [1.807, 2.05) is 51.4 Å². The number of carbonyl (C=O) groups is 1. The van der Waals surface area contributed by atoms with Gasteiger partial charge in [0.2, 0.25) is 5.91 Å². The second-order valence-corrected chi connectivity index (χ2v) is 8.80. The Morgan fingerprint density at radius 3 is 2.48 bits per heavy atom. The standard InChI is InChI=1S/C23H26N6OS/c1-4-17-18(12-24)22(29-11-10-16(14-29)28(2)3)27-23(19(17)13-25)31-20(21(26)30)15-8-6-5-7-9-15/h5-9,16,20H,4,10-11,14H2,1-3H3,(H2,26,30)/t16-,20?/m0/s1. The van der Waals surface area contributed by atoms with E-state index < -0.39 is 11.2 Å². The molecule has 3 rings (SSSR count). The second-order valence-electron chi connectivity index (χ2n) is 7.71. The van der Waals surface area contributed by atoms with Crippen LogP contribution in [0.25, 0.3) is 0 Å². The molecule has 8 heteroatoms. The number of likely N-dealkylation sites (N-methyl/N-ethyl adjacent to an activating group) is 1. The summed E-state index contributed by atoms with van der Waals surface area (Å²) in [5.74, 6) is 0.0844. The van der Waals surface area contributed by atoms with E-state index in [4.69, 9.17) is 10.7 Å². The summed E-state index contributed by atoms with van der Waals surface area (Å²) >= 11 is 1.18. The fourth-order valence-corrected chi connectivity index (χ4v) is 4.94. The topological polar surface area (TPSA) is 110 Å². The summed E-state index contributed by atoms with van der Waals surface area (Å²) in [4.78, 5) is 21.3. The molecule has 2 heterocycles. The number of hydrogen-bond acceptors (Lipinski definition) is 7. The van der Waals surface area contributed by atoms with Gasteiger partial charge in [0.15, 0.2) is 0 Å². The molecular formula is C23H26N6OS. The van der Waals surface area contributed by atoms with Crippen LogP contribution in [0.1, 0.15) is 40.8 Å². The molecule has 0 saturated carbocycles. The van der Waals surface area contributed by atoms with Crippen LogP contribution in [-0.4, -0.2) is 49.0 Å². The third-order valence-electron chi connectivity index (χ3n) is 5.61. The zero-order chi connectivity index (χ0) is 22.5. The number of nitriles is 2. The van der Waals surface area contributed by atoms with Crippen LogP contribution < -0.4 is 10.6 Å². The van der Waals surface area contributed by atoms with Crippen molar-refractivity contribution in [2.75, 3.05) is 32.1 Å². The van der Waals surface area contributed by atoms with Crippen molar-refractivity contribution in [1.82, 2.24) is 9.88 Å². The van der Waals surface area contributed by atoms with Gasteiger partial charge in [0.25, 0.3) is 0 Å². The van der Waals surface area contributed by atoms with Crippen LogP contribution in [0.3, 0.4) is 0 Å². The second kappa shape index (κ2) is 9.82. The van der Waals surface area contributed by atoms with Gasteiger partial charge in [-0.15, -0.1) is 0 Å². The van der Waals surface area contributed by atoms with Gasteiger partial charge in [0.05, 0.1) is 11.1 Å². The number of thioether (sulfide) groups is 1. The van der Waals surface area contributed by atoms with Gasteiger partial charge in [-0.25, -0.2) is 4.98 Å². The summed E-state index contributed by atoms with van der Waals surface area (Å²) in [5.41, 5.74) is 7.92. The van der Waals surface area contributed by atoms with E-state index in [1.54, 1.807) is 0 Å². The Kier molecular flexibility index (Phi) is 7.17. The quantitative estimate of drug-likeness (QED) is 0.667. The third kappa shape index (κ3) is 4.66. The normalized spacial score (nSPS) is 16.7. The molecule has 0 bridgehead atoms. The molecule has 2 aromatic rings. The Bertz CT molecular complexity index is 1040. The molecule has 7 nitrogen and oxygen atoms in total. The first kappa shape index (κ1) is 22.6. The lowest BCUT2D eigenvalue weighted by Gasteiger charge is -2.24. The maximum absolute atomic E-state index is 12.3. The average Bonchev–Trinajstić information content (AvgIpc) is 3.27. The van der Waals surface area contributed by atoms with Gasteiger partial charge >= 0.3 is 0 Å². The van der Waals surface area contributed by atoms with E-state index in [1.165, 1.54) is 11.8 Å². The molecular weight excluding hydrogens is 408 g/mol. The molecule has 1 aliphatic heterocycles. The van der Waals surface area contributed by atoms with Crippen molar-refractivity contribution < 1.29 is 4.79 Å². The van der Waals surface area contributed by atoms with E-state index in [9.17, 15) is 15.3 Å². The van der Waals surface area contributed by atoms with Crippen LogP contribution in [0.4, 0.5) is 5.82 Å². The maximum atomic E-state index is 12.3. The molecule has 160 valence electrons. The van der Waals surface area contributed by atoms with Crippen LogP contribution in [0, 0.1) is 22.7 Å². The number of anilines is 1. The highest BCUT2D eigenvalue weighted by Gasteiger charge is 2.31. The van der Waals surface area contributed by atoms with Crippen molar-refractivity contribution in [3.05, 3.63) is 52.6 Å². The summed E-state index contributed by atoms with van der Waals surface area (Å²) in [6.45, 7) is 3.46. The Labute approximate surface area is 187 Å². The number of amides is 1. The Balaban J connectivity index is 2.10. The molecule has 0 spiro atoms. The number of nitrogens with two attached hydrogens (primary N) is 1. The molecule has 1 aromatic heterocycles. The highest BCUT2D eigenvalue weighted by molar-refractivity contribution is 8.00. The highest BCUT2D eigenvalue weighted by Crippen LogP contribution is 2.40. The van der Waals surface area contributed by atoms with Crippen molar-refractivity contribution >= 4 is 23.5 Å². The van der Waals surface area contributed by atoms with Gasteiger partial charge in [0.1, 0.15) is 28.2 Å². The van der Waals surface area contributed by atoms with Gasteiger partial charge in [-0.2, -0.15) is 10.5 Å². The first-order chi connectivity index (χ1) is 14.9. The molecule has 1 saturated heterocycles. The van der Waals surface area contributed by atoms with Crippen LogP contribution >= 0.6 is 11.8 Å². The largest absolute Gasteiger partial charge is 0.368 e. The number of rotatable bonds is 7. The predicted octanol–water partition coefficient (Wildman–Crippen LogP) is 2.85. The minimum absolute atomic E-state index is 0.346. The van der Waals surface area contributed by atoms with Crippen LogP contribution in [0.2, 0.25) is 0 Å². The lowest BCUT2D eigenvalue weighted by atomic mass is 10.0. The minimum Gasteiger partial charge on any atom is -0.368 e. The fourth-order valence-electron chi connectivity index (χ4n) is 3.88. The first-order valence-electron chi connectivity index (χ1n) is 10.2. The van der Waals surface area contributed by atoms with Gasteiger partial charge in [-0.3, -0.25) is 4.79 Å². The predicted molar refractivity (Wildman–Crippen MR) is 122 cm³/mol. The van der Waals surface area contributed by atoms with E-state index in [-0.39, 0.29) is 0 Å². The molecule has 1 aliphatic rings. The SMILES string of the molecule is CCc1c(C#N)c(SC(C(N)=O)c2ccccc2)nc(N2CC[C@H](N(C)C)C2)c1C#N. The molecule has 0 aliphatic carbocycles. The zero-order valence-corrected chi connectivity index (χ0v) is 18.8. The number of carbonyl (C=O) groups excluding carboxylic acids is 1. The summed E-state index contributed by atoms with van der Waals surface area (Å²) < 4.78 is 0. The Morgan fingerprint density at radius 2 is 1.97 bits per heavy atom. The molecule has 1 unspecified atom stereocenters. The number of nitrogens with zero attached hydrogens (tertiary/aromatic N) is 5.